The van der Waals surface area contributed by atoms with E-state index in [0.717, 1.165) is 25.9 Å². The number of hydrogen-bond donors (Lipinski definition) is 3. The standard InChI is InChI=1S/C13H23N3O3/c1-3-13(2,11(17)18)15-12(19)14-9-6-8-16-7-4-5-10(9)16/h9-10H,3-8H2,1-2H3,(H,17,18)(H2,14,15,19). The van der Waals surface area contributed by atoms with Crippen LogP contribution < -0.4 is 10.6 Å². The van der Waals surface area contributed by atoms with E-state index in [4.69, 9.17) is 5.11 Å². The number of urea groups is 1. The number of rotatable bonds is 4. The summed E-state index contributed by atoms with van der Waals surface area (Å²) in [6.07, 6.45) is 3.62. The highest BCUT2D eigenvalue weighted by molar-refractivity contribution is 5.85. The Hall–Kier alpha value is -1.30. The van der Waals surface area contributed by atoms with Gasteiger partial charge in [0.25, 0.3) is 0 Å². The number of nitrogens with one attached hydrogen (secondary N) is 2. The van der Waals surface area contributed by atoms with Gasteiger partial charge in [0.2, 0.25) is 0 Å². The number of hydrogen-bond acceptors (Lipinski definition) is 3. The van der Waals surface area contributed by atoms with Gasteiger partial charge in [0.1, 0.15) is 5.54 Å². The van der Waals surface area contributed by atoms with Crippen molar-refractivity contribution in [2.75, 3.05) is 13.1 Å². The molecular weight excluding hydrogens is 246 g/mol. The fourth-order valence-electron chi connectivity index (χ4n) is 3.00. The monoisotopic (exact) mass is 269 g/mol. The summed E-state index contributed by atoms with van der Waals surface area (Å²) < 4.78 is 0. The molecule has 0 aromatic carbocycles. The highest BCUT2D eigenvalue weighted by Gasteiger charge is 2.39. The molecule has 3 N–H and O–H groups in total. The summed E-state index contributed by atoms with van der Waals surface area (Å²) in [6.45, 7) is 5.43. The van der Waals surface area contributed by atoms with Crippen molar-refractivity contribution in [3.63, 3.8) is 0 Å². The van der Waals surface area contributed by atoms with E-state index in [2.05, 4.69) is 15.5 Å². The van der Waals surface area contributed by atoms with Gasteiger partial charge in [0, 0.05) is 18.6 Å². The zero-order valence-corrected chi connectivity index (χ0v) is 11.6. The summed E-state index contributed by atoms with van der Waals surface area (Å²) in [4.78, 5) is 25.5. The zero-order chi connectivity index (χ0) is 14.0. The second-order valence-corrected chi connectivity index (χ2v) is 5.73. The maximum atomic E-state index is 12.0. The quantitative estimate of drug-likeness (QED) is 0.704. The summed E-state index contributed by atoms with van der Waals surface area (Å²) in [5, 5.41) is 14.7. The van der Waals surface area contributed by atoms with E-state index in [1.165, 1.54) is 13.3 Å². The highest BCUT2D eigenvalue weighted by Crippen LogP contribution is 2.27. The van der Waals surface area contributed by atoms with Crippen molar-refractivity contribution >= 4 is 12.0 Å². The van der Waals surface area contributed by atoms with E-state index in [1.807, 2.05) is 0 Å². The molecule has 0 saturated carbocycles. The lowest BCUT2D eigenvalue weighted by Gasteiger charge is -2.27. The van der Waals surface area contributed by atoms with Crippen molar-refractivity contribution < 1.29 is 14.7 Å². The SMILES string of the molecule is CCC(C)(NC(=O)NC1CCN2CCCC12)C(=O)O. The molecule has 2 heterocycles. The van der Waals surface area contributed by atoms with Crippen molar-refractivity contribution in [1.29, 1.82) is 0 Å². The predicted octanol–water partition coefficient (Wildman–Crippen LogP) is 0.776. The molecule has 6 heteroatoms. The largest absolute Gasteiger partial charge is 0.480 e. The first-order valence-electron chi connectivity index (χ1n) is 7.02. The van der Waals surface area contributed by atoms with Crippen LogP contribution >= 0.6 is 0 Å². The van der Waals surface area contributed by atoms with Crippen LogP contribution in [0.3, 0.4) is 0 Å². The molecule has 19 heavy (non-hydrogen) atoms. The smallest absolute Gasteiger partial charge is 0.329 e. The van der Waals surface area contributed by atoms with Gasteiger partial charge in [0.05, 0.1) is 0 Å². The molecule has 0 aromatic heterocycles. The Morgan fingerprint density at radius 2 is 2.11 bits per heavy atom. The molecule has 2 aliphatic rings. The molecule has 0 aromatic rings. The van der Waals surface area contributed by atoms with Gasteiger partial charge < -0.3 is 15.7 Å². The minimum Gasteiger partial charge on any atom is -0.480 e. The summed E-state index contributed by atoms with van der Waals surface area (Å²) in [5.74, 6) is -1.00. The number of carbonyl (C=O) groups excluding carboxylic acids is 1. The Morgan fingerprint density at radius 1 is 1.37 bits per heavy atom. The molecule has 2 aliphatic heterocycles. The maximum Gasteiger partial charge on any atom is 0.329 e. The lowest BCUT2D eigenvalue weighted by molar-refractivity contribution is -0.143. The van der Waals surface area contributed by atoms with Gasteiger partial charge in [-0.25, -0.2) is 9.59 Å². The molecular formula is C13H23N3O3. The number of nitrogens with zero attached hydrogens (tertiary/aromatic N) is 1. The highest BCUT2D eigenvalue weighted by atomic mass is 16.4. The molecule has 0 spiro atoms. The topological polar surface area (TPSA) is 81.7 Å². The third-order valence-electron chi connectivity index (χ3n) is 4.49. The number of carboxylic acids is 1. The van der Waals surface area contributed by atoms with Gasteiger partial charge in [-0.3, -0.25) is 4.90 Å². The molecule has 0 aliphatic carbocycles. The molecule has 2 fully saturated rings. The van der Waals surface area contributed by atoms with Crippen LogP contribution in [0.4, 0.5) is 4.79 Å². The van der Waals surface area contributed by atoms with Gasteiger partial charge in [-0.15, -0.1) is 0 Å². The third-order valence-corrected chi connectivity index (χ3v) is 4.49. The van der Waals surface area contributed by atoms with E-state index in [1.54, 1.807) is 6.92 Å². The van der Waals surface area contributed by atoms with Crippen molar-refractivity contribution in [2.24, 2.45) is 0 Å². The van der Waals surface area contributed by atoms with Crippen molar-refractivity contribution in [3.8, 4) is 0 Å². The van der Waals surface area contributed by atoms with Crippen molar-refractivity contribution in [3.05, 3.63) is 0 Å². The molecule has 108 valence electrons. The lowest BCUT2D eigenvalue weighted by Crippen LogP contribution is -2.57. The van der Waals surface area contributed by atoms with Gasteiger partial charge >= 0.3 is 12.0 Å². The van der Waals surface area contributed by atoms with E-state index in [0.29, 0.717) is 12.5 Å². The molecule has 3 unspecified atom stereocenters. The minimum atomic E-state index is -1.20. The Labute approximate surface area is 113 Å². The average molecular weight is 269 g/mol. The Kier molecular flexibility index (Phi) is 3.99. The van der Waals surface area contributed by atoms with Crippen molar-refractivity contribution in [2.45, 2.75) is 57.2 Å². The number of carbonyl (C=O) groups is 2. The summed E-state index contributed by atoms with van der Waals surface area (Å²) >= 11 is 0. The second-order valence-electron chi connectivity index (χ2n) is 5.73. The Morgan fingerprint density at radius 3 is 2.74 bits per heavy atom. The summed E-state index contributed by atoms with van der Waals surface area (Å²) in [5.41, 5.74) is -1.20. The molecule has 2 saturated heterocycles. The van der Waals surface area contributed by atoms with Crippen LogP contribution in [0.5, 0.6) is 0 Å². The molecule has 0 bridgehead atoms. The second kappa shape index (κ2) is 5.36. The number of fused-ring (bicyclic) bond motifs is 1. The van der Waals surface area contributed by atoms with Crippen LogP contribution in [-0.2, 0) is 4.79 Å². The molecule has 2 amide bonds. The first-order valence-corrected chi connectivity index (χ1v) is 7.02. The van der Waals surface area contributed by atoms with Crippen LogP contribution in [0.25, 0.3) is 0 Å². The van der Waals surface area contributed by atoms with Crippen LogP contribution in [0, 0.1) is 0 Å². The van der Waals surface area contributed by atoms with Gasteiger partial charge in [-0.1, -0.05) is 6.92 Å². The van der Waals surface area contributed by atoms with E-state index in [-0.39, 0.29) is 12.1 Å². The van der Waals surface area contributed by atoms with Crippen LogP contribution in [0.2, 0.25) is 0 Å². The normalized spacial score (nSPS) is 29.6. The number of amides is 2. The Bertz CT molecular complexity index is 374. The van der Waals surface area contributed by atoms with E-state index in [9.17, 15) is 9.59 Å². The van der Waals surface area contributed by atoms with Crippen molar-refractivity contribution in [1.82, 2.24) is 15.5 Å². The van der Waals surface area contributed by atoms with Gasteiger partial charge in [-0.2, -0.15) is 0 Å². The molecule has 2 rings (SSSR count). The maximum absolute atomic E-state index is 12.0. The summed E-state index contributed by atoms with van der Waals surface area (Å²) in [6, 6.07) is 0.214. The van der Waals surface area contributed by atoms with Gasteiger partial charge in [-0.05, 0) is 39.2 Å². The fraction of sp³-hybridized carbons (Fsp3) is 0.846. The summed E-state index contributed by atoms with van der Waals surface area (Å²) in [7, 11) is 0. The van der Waals surface area contributed by atoms with Gasteiger partial charge in [0.15, 0.2) is 0 Å². The fourth-order valence-corrected chi connectivity index (χ4v) is 3.00. The first kappa shape index (κ1) is 14.1. The molecule has 0 radical (unpaired) electrons. The van der Waals surface area contributed by atoms with Crippen LogP contribution in [0.1, 0.15) is 39.5 Å². The Balaban J connectivity index is 1.89. The molecule has 3 atom stereocenters. The zero-order valence-electron chi connectivity index (χ0n) is 11.6. The first-order chi connectivity index (χ1) is 8.96. The van der Waals surface area contributed by atoms with Crippen LogP contribution in [-0.4, -0.2) is 52.7 Å². The van der Waals surface area contributed by atoms with E-state index >= 15 is 0 Å². The number of carboxylic acid groups (broad SMARTS) is 1. The number of aliphatic carboxylic acids is 1. The van der Waals surface area contributed by atoms with Crippen LogP contribution in [0.15, 0.2) is 0 Å². The lowest BCUT2D eigenvalue weighted by atomic mass is 9.99. The average Bonchev–Trinajstić information content (AvgIpc) is 2.93. The predicted molar refractivity (Wildman–Crippen MR) is 71.0 cm³/mol. The minimum absolute atomic E-state index is 0.150. The third kappa shape index (κ3) is 2.83. The van der Waals surface area contributed by atoms with E-state index < -0.39 is 11.5 Å². The molecule has 6 nitrogen and oxygen atoms in total.